The number of hydrogen-bond acceptors (Lipinski definition) is 10. The molecule has 4 rings (SSSR count). The maximum atomic E-state index is 13.6. The van der Waals surface area contributed by atoms with E-state index in [0.29, 0.717) is 10.5 Å². The number of para-hydroxylation sites is 1. The van der Waals surface area contributed by atoms with Gasteiger partial charge in [0.2, 0.25) is 5.91 Å². The van der Waals surface area contributed by atoms with Gasteiger partial charge in [-0.25, -0.2) is 14.7 Å². The van der Waals surface area contributed by atoms with E-state index in [1.165, 1.54) is 41.3 Å². The number of benzene rings is 2. The summed E-state index contributed by atoms with van der Waals surface area (Å²) in [6.07, 6.45) is -0.0485. The third kappa shape index (κ3) is 7.20. The number of hydrogen-bond donors (Lipinski definition) is 7. The minimum absolute atomic E-state index is 0.0170. The molecule has 0 bridgehead atoms. The van der Waals surface area contributed by atoms with Crippen molar-refractivity contribution in [3.63, 3.8) is 0 Å². The van der Waals surface area contributed by atoms with Gasteiger partial charge in [0, 0.05) is 26.2 Å². The molecule has 17 nitrogen and oxygen atoms in total. The number of nitrogens with one attached hydrogen (secondary N) is 3. The zero-order valence-corrected chi connectivity index (χ0v) is 23.2. The van der Waals surface area contributed by atoms with E-state index >= 15 is 0 Å². The van der Waals surface area contributed by atoms with E-state index in [1.807, 2.05) is 4.72 Å². The van der Waals surface area contributed by atoms with Crippen molar-refractivity contribution in [2.24, 2.45) is 10.9 Å². The zero-order chi connectivity index (χ0) is 31.5. The molecular weight excluding hydrogens is 589 g/mol. The minimum atomic E-state index is -4.20. The van der Waals surface area contributed by atoms with Gasteiger partial charge in [-0.3, -0.25) is 24.0 Å². The number of imide groups is 1. The smallest absolute Gasteiger partial charge is 0.534 e. The second-order valence-electron chi connectivity index (χ2n) is 9.62. The van der Waals surface area contributed by atoms with Crippen molar-refractivity contribution < 1.29 is 47.2 Å². The van der Waals surface area contributed by atoms with Crippen molar-refractivity contribution in [2.45, 2.75) is 18.4 Å². The van der Waals surface area contributed by atoms with Crippen LogP contribution >= 0.6 is 0 Å². The van der Waals surface area contributed by atoms with Gasteiger partial charge in [0.25, 0.3) is 10.2 Å². The van der Waals surface area contributed by atoms with Crippen LogP contribution in [0.15, 0.2) is 42.5 Å². The Labute approximate surface area is 245 Å². The highest BCUT2D eigenvalue weighted by Gasteiger charge is 2.41. The van der Waals surface area contributed by atoms with Crippen molar-refractivity contribution in [1.82, 2.24) is 20.4 Å². The Morgan fingerprint density at radius 3 is 2.51 bits per heavy atom. The summed E-state index contributed by atoms with van der Waals surface area (Å²) in [7, 11) is -5.89. The maximum absolute atomic E-state index is 13.6. The van der Waals surface area contributed by atoms with Crippen LogP contribution in [0.2, 0.25) is 0 Å². The van der Waals surface area contributed by atoms with Crippen molar-refractivity contribution in [3.05, 3.63) is 59.2 Å². The van der Waals surface area contributed by atoms with Gasteiger partial charge in [-0.1, -0.05) is 24.3 Å². The molecule has 9 N–H and O–H groups in total. The maximum Gasteiger partial charge on any atom is 0.547 e. The first-order valence-corrected chi connectivity index (χ1v) is 14.4. The lowest BCUT2D eigenvalue weighted by Crippen LogP contribution is -2.60. The van der Waals surface area contributed by atoms with Crippen LogP contribution in [0.5, 0.6) is 5.75 Å². The van der Waals surface area contributed by atoms with Crippen LogP contribution in [0.4, 0.5) is 10.5 Å². The van der Waals surface area contributed by atoms with Gasteiger partial charge in [-0.15, -0.1) is 0 Å². The average molecular weight is 617 g/mol. The molecule has 2 aliphatic rings. The molecule has 2 heterocycles. The molecular formula is C24H28BN7O10S. The Kier molecular flexibility index (Phi) is 9.19. The number of carboxylic acids is 1. The van der Waals surface area contributed by atoms with Gasteiger partial charge in [-0.05, 0) is 35.7 Å². The van der Waals surface area contributed by atoms with E-state index in [2.05, 4.69) is 10.6 Å². The highest BCUT2D eigenvalue weighted by atomic mass is 32.2. The van der Waals surface area contributed by atoms with Crippen LogP contribution in [0, 0.1) is 0 Å². The lowest BCUT2D eigenvalue weighted by Gasteiger charge is -2.33. The molecule has 0 unspecified atom stereocenters. The monoisotopic (exact) mass is 617 g/mol. The van der Waals surface area contributed by atoms with Crippen molar-refractivity contribution >= 4 is 52.7 Å². The molecule has 0 spiro atoms. The Bertz CT molecular complexity index is 1570. The van der Waals surface area contributed by atoms with Crippen LogP contribution < -0.4 is 30.9 Å². The van der Waals surface area contributed by atoms with E-state index in [9.17, 15) is 42.5 Å². The standard InChI is InChI=1S/C24H28BN7O10S/c26-7-8-31-9-10-32(22(35)21(31)34)24(38)29-18(13-3-1-5-15(11-13)30-43(27,40)41)20(33)28-17-12-14-4-2-6-16(23(36)37)19(14)42-25(17)39/h1-6,11,17-18,30,39H,7-10,12,26H2,(H,28,33)(H,29,38)(H,36,37)(H2,27,40,41)/t17-,18+/m0/s1. The molecule has 2 aromatic carbocycles. The topological polar surface area (TPSA) is 264 Å². The summed E-state index contributed by atoms with van der Waals surface area (Å²) in [6, 6.07) is 6.95. The fourth-order valence-corrected chi connectivity index (χ4v) is 5.12. The summed E-state index contributed by atoms with van der Waals surface area (Å²) in [4.78, 5) is 65.2. The minimum Gasteiger partial charge on any atom is -0.534 e. The van der Waals surface area contributed by atoms with Crippen LogP contribution in [0.3, 0.4) is 0 Å². The molecule has 1 fully saturated rings. The third-order valence-electron chi connectivity index (χ3n) is 6.64. The summed E-state index contributed by atoms with van der Waals surface area (Å²) in [5.74, 6) is -5.45. The third-order valence-corrected chi connectivity index (χ3v) is 7.16. The van der Waals surface area contributed by atoms with Gasteiger partial charge < -0.3 is 36.1 Å². The molecule has 2 aromatic rings. The van der Waals surface area contributed by atoms with Crippen LogP contribution in [0.25, 0.3) is 0 Å². The highest BCUT2D eigenvalue weighted by molar-refractivity contribution is 7.90. The number of amides is 5. The Hall–Kier alpha value is -4.72. The summed E-state index contributed by atoms with van der Waals surface area (Å²) in [6.45, 7) is 0.0474. The van der Waals surface area contributed by atoms with E-state index in [0.717, 1.165) is 0 Å². The summed E-state index contributed by atoms with van der Waals surface area (Å²) < 4.78 is 30.6. The quantitative estimate of drug-likeness (QED) is 0.114. The molecule has 0 radical (unpaired) electrons. The number of carbonyl (C=O) groups excluding carboxylic acids is 4. The van der Waals surface area contributed by atoms with E-state index in [1.54, 1.807) is 6.07 Å². The fourth-order valence-electron chi connectivity index (χ4n) is 4.67. The second-order valence-corrected chi connectivity index (χ2v) is 10.9. The molecule has 0 aliphatic carbocycles. The molecule has 43 heavy (non-hydrogen) atoms. The Balaban J connectivity index is 1.60. The fraction of sp³-hybridized carbons (Fsp3) is 0.292. The highest BCUT2D eigenvalue weighted by Crippen LogP contribution is 2.30. The van der Waals surface area contributed by atoms with Crippen LogP contribution in [-0.2, 0) is 31.0 Å². The van der Waals surface area contributed by atoms with Gasteiger partial charge in [-0.2, -0.15) is 8.42 Å². The number of aromatic carboxylic acids is 1. The zero-order valence-electron chi connectivity index (χ0n) is 22.4. The molecule has 228 valence electrons. The predicted octanol–water partition coefficient (Wildman–Crippen LogP) is -2.48. The lowest BCUT2D eigenvalue weighted by atomic mass is 9.72. The normalized spacial score (nSPS) is 17.5. The van der Waals surface area contributed by atoms with Gasteiger partial charge >= 0.3 is 30.9 Å². The molecule has 19 heteroatoms. The van der Waals surface area contributed by atoms with Gasteiger partial charge in [0.15, 0.2) is 0 Å². The number of piperazine rings is 1. The van der Waals surface area contributed by atoms with Gasteiger partial charge in [0.05, 0.1) is 17.2 Å². The number of urea groups is 1. The number of nitrogens with two attached hydrogens (primary N) is 2. The molecule has 2 atom stereocenters. The Morgan fingerprint density at radius 2 is 1.84 bits per heavy atom. The molecule has 1 saturated heterocycles. The molecule has 2 aliphatic heterocycles. The largest absolute Gasteiger partial charge is 0.547 e. The number of rotatable bonds is 9. The van der Waals surface area contributed by atoms with Crippen molar-refractivity contribution in [1.29, 1.82) is 0 Å². The first-order chi connectivity index (χ1) is 20.3. The number of carbonyl (C=O) groups is 5. The predicted molar refractivity (Wildman–Crippen MR) is 149 cm³/mol. The first kappa shape index (κ1) is 31.2. The average Bonchev–Trinajstić information content (AvgIpc) is 2.93. The SMILES string of the molecule is NCCN1CCN(C(=O)N[C@@H](C(=O)N[C@H]2Cc3cccc(C(=O)O)c3OB2O)c2cccc(NS(N)(=O)=O)c2)C(=O)C1=O. The molecule has 5 amide bonds. The number of nitrogens with zero attached hydrogens (tertiary/aromatic N) is 2. The number of carboxylic acid groups (broad SMARTS) is 1. The first-order valence-electron chi connectivity index (χ1n) is 12.8. The summed E-state index contributed by atoms with van der Waals surface area (Å²) in [5, 5.41) is 30.0. The summed E-state index contributed by atoms with van der Waals surface area (Å²) in [5.41, 5.74) is 5.65. The van der Waals surface area contributed by atoms with Crippen LogP contribution in [0.1, 0.15) is 27.5 Å². The van der Waals surface area contributed by atoms with Crippen molar-refractivity contribution in [3.8, 4) is 5.75 Å². The summed E-state index contributed by atoms with van der Waals surface area (Å²) >= 11 is 0. The lowest BCUT2D eigenvalue weighted by molar-refractivity contribution is -0.153. The van der Waals surface area contributed by atoms with E-state index in [-0.39, 0.29) is 55.2 Å². The number of anilines is 1. The van der Waals surface area contributed by atoms with Crippen molar-refractivity contribution in [2.75, 3.05) is 30.9 Å². The second kappa shape index (κ2) is 12.7. The Morgan fingerprint density at radius 1 is 1.12 bits per heavy atom. The molecule has 0 saturated carbocycles. The van der Waals surface area contributed by atoms with E-state index in [4.69, 9.17) is 15.5 Å². The van der Waals surface area contributed by atoms with E-state index < -0.39 is 59.0 Å². The number of fused-ring (bicyclic) bond motifs is 1. The van der Waals surface area contributed by atoms with Crippen LogP contribution in [-0.4, -0.2) is 97.3 Å². The molecule has 0 aromatic heterocycles. The van der Waals surface area contributed by atoms with Gasteiger partial charge in [0.1, 0.15) is 11.8 Å².